The summed E-state index contributed by atoms with van der Waals surface area (Å²) in [5, 5.41) is 0.448. The van der Waals surface area contributed by atoms with Crippen molar-refractivity contribution in [3.05, 3.63) is 35.4 Å². The quantitative estimate of drug-likeness (QED) is 0.742. The van der Waals surface area contributed by atoms with Crippen molar-refractivity contribution in [2.24, 2.45) is 0 Å². The number of carbonyl (C=O) groups is 1. The third kappa shape index (κ3) is 6.06. The van der Waals surface area contributed by atoms with E-state index >= 15 is 0 Å². The molecule has 0 aliphatic rings. The lowest BCUT2D eigenvalue weighted by Gasteiger charge is -2.01. The lowest BCUT2D eigenvalue weighted by molar-refractivity contribution is -0.115. The molecule has 1 nitrogen and oxygen atoms in total. The molecule has 0 heterocycles. The van der Waals surface area contributed by atoms with E-state index < -0.39 is 0 Å². The second kappa shape index (κ2) is 9.59. The molecule has 0 aliphatic heterocycles. The number of Topliss-reactive ketones (excluding diaryl/α,β-unsaturated/α-hetero) is 1. The molecule has 1 aromatic rings. The van der Waals surface area contributed by atoms with Gasteiger partial charge < -0.3 is 0 Å². The summed E-state index contributed by atoms with van der Waals surface area (Å²) in [6.45, 7) is 6.17. The first-order valence-electron chi connectivity index (χ1n) is 5.91. The van der Waals surface area contributed by atoms with Gasteiger partial charge in [-0.05, 0) is 17.5 Å². The first kappa shape index (κ1) is 15.4. The highest BCUT2D eigenvalue weighted by Gasteiger charge is 2.01. The number of aryl methyl sites for hydroxylation is 1. The fourth-order valence-corrected chi connectivity index (χ4v) is 1.59. The molecule has 1 aromatic carbocycles. The highest BCUT2D eigenvalue weighted by atomic mass is 79.9. The first-order valence-corrected chi connectivity index (χ1v) is 7.04. The van der Waals surface area contributed by atoms with Crippen LogP contribution in [0, 0.1) is 0 Å². The zero-order chi connectivity index (χ0) is 12.4. The summed E-state index contributed by atoms with van der Waals surface area (Å²) in [4.78, 5) is 11.1. The number of alkyl halides is 1. The van der Waals surface area contributed by atoms with Gasteiger partial charge in [0.15, 0.2) is 0 Å². The molecule has 0 amide bonds. The van der Waals surface area contributed by atoms with Gasteiger partial charge >= 0.3 is 0 Å². The molecule has 0 aliphatic carbocycles. The molecule has 0 saturated carbocycles. The largest absolute Gasteiger partial charge is 0.298 e. The van der Waals surface area contributed by atoms with E-state index in [4.69, 9.17) is 0 Å². The average molecular weight is 285 g/mol. The minimum atomic E-state index is 0.230. The predicted molar refractivity (Wildman–Crippen MR) is 74.3 cm³/mol. The molecule has 16 heavy (non-hydrogen) atoms. The maximum Gasteiger partial charge on any atom is 0.147 e. The van der Waals surface area contributed by atoms with Gasteiger partial charge in [0.25, 0.3) is 0 Å². The van der Waals surface area contributed by atoms with E-state index in [0.717, 1.165) is 12.0 Å². The van der Waals surface area contributed by atoms with E-state index in [1.54, 1.807) is 0 Å². The third-order valence-corrected chi connectivity index (χ3v) is 2.74. The van der Waals surface area contributed by atoms with E-state index in [2.05, 4.69) is 35.0 Å². The van der Waals surface area contributed by atoms with E-state index in [0.29, 0.717) is 11.8 Å². The molecule has 0 bridgehead atoms. The van der Waals surface area contributed by atoms with E-state index in [-0.39, 0.29) is 5.78 Å². The number of rotatable bonds is 5. The highest BCUT2D eigenvalue weighted by Crippen LogP contribution is 2.07. The molecule has 0 unspecified atom stereocenters. The predicted octanol–water partition coefficient (Wildman–Crippen LogP) is 4.17. The van der Waals surface area contributed by atoms with Gasteiger partial charge in [-0.25, -0.2) is 0 Å². The van der Waals surface area contributed by atoms with Crippen molar-refractivity contribution in [1.82, 2.24) is 0 Å². The van der Waals surface area contributed by atoms with Crippen LogP contribution in [0.4, 0.5) is 0 Å². The molecule has 0 atom stereocenters. The van der Waals surface area contributed by atoms with Gasteiger partial charge in [-0.3, -0.25) is 4.79 Å². The maximum absolute atomic E-state index is 11.1. The van der Waals surface area contributed by atoms with Gasteiger partial charge in [0.05, 0.1) is 5.33 Å². The van der Waals surface area contributed by atoms with Crippen molar-refractivity contribution < 1.29 is 4.79 Å². The molecule has 0 N–H and O–H groups in total. The van der Waals surface area contributed by atoms with Crippen molar-refractivity contribution in [3.63, 3.8) is 0 Å². The standard InChI is InChI=1S/C12H15BrO.C2H6/c1-2-3-10-4-6-11(7-5-10)8-12(14)9-13;1-2/h4-7H,2-3,8-9H2,1H3;1-2H3. The van der Waals surface area contributed by atoms with Crippen LogP contribution >= 0.6 is 15.9 Å². The maximum atomic E-state index is 11.1. The van der Waals surface area contributed by atoms with Crippen LogP contribution in [0.15, 0.2) is 24.3 Å². The first-order chi connectivity index (χ1) is 7.76. The Balaban J connectivity index is 0.00000106. The summed E-state index contributed by atoms with van der Waals surface area (Å²) in [6.07, 6.45) is 2.82. The zero-order valence-corrected chi connectivity index (χ0v) is 12.0. The summed E-state index contributed by atoms with van der Waals surface area (Å²) < 4.78 is 0. The zero-order valence-electron chi connectivity index (χ0n) is 10.4. The topological polar surface area (TPSA) is 17.1 Å². The molecule has 0 fully saturated rings. The van der Waals surface area contributed by atoms with Crippen molar-refractivity contribution in [2.45, 2.75) is 40.0 Å². The normalized spacial score (nSPS) is 9.25. The van der Waals surface area contributed by atoms with Gasteiger partial charge in [0.1, 0.15) is 5.78 Å². The molecule has 0 spiro atoms. The van der Waals surface area contributed by atoms with Crippen molar-refractivity contribution >= 4 is 21.7 Å². The molecule has 0 aromatic heterocycles. The van der Waals surface area contributed by atoms with Crippen LogP contribution in [0.3, 0.4) is 0 Å². The smallest absolute Gasteiger partial charge is 0.147 e. The van der Waals surface area contributed by atoms with Crippen LogP contribution in [0.5, 0.6) is 0 Å². The highest BCUT2D eigenvalue weighted by molar-refractivity contribution is 9.09. The summed E-state index contributed by atoms with van der Waals surface area (Å²) >= 11 is 3.16. The molecule has 1 rings (SSSR count). The second-order valence-corrected chi connectivity index (χ2v) is 3.98. The third-order valence-electron chi connectivity index (χ3n) is 2.11. The average Bonchev–Trinajstić information content (AvgIpc) is 2.34. The van der Waals surface area contributed by atoms with Crippen LogP contribution in [0.2, 0.25) is 0 Å². The number of ketones is 1. The van der Waals surface area contributed by atoms with Crippen LogP contribution < -0.4 is 0 Å². The summed E-state index contributed by atoms with van der Waals surface area (Å²) in [5.74, 6) is 0.230. The van der Waals surface area contributed by atoms with Crippen LogP contribution in [-0.4, -0.2) is 11.1 Å². The molecule has 0 radical (unpaired) electrons. The van der Waals surface area contributed by atoms with Crippen molar-refractivity contribution in [1.29, 1.82) is 0 Å². The monoisotopic (exact) mass is 284 g/mol. The minimum absolute atomic E-state index is 0.230. The molecule has 0 saturated heterocycles. The molecular formula is C14H21BrO. The van der Waals surface area contributed by atoms with Gasteiger partial charge in [-0.1, -0.05) is 67.4 Å². The van der Waals surface area contributed by atoms with E-state index in [9.17, 15) is 4.79 Å². The van der Waals surface area contributed by atoms with Crippen LogP contribution in [0.1, 0.15) is 38.3 Å². The number of halogens is 1. The molecule has 2 heteroatoms. The van der Waals surface area contributed by atoms with Gasteiger partial charge in [-0.15, -0.1) is 0 Å². The van der Waals surface area contributed by atoms with Crippen LogP contribution in [-0.2, 0) is 17.6 Å². The van der Waals surface area contributed by atoms with E-state index in [1.165, 1.54) is 12.0 Å². The fourth-order valence-electron chi connectivity index (χ4n) is 1.39. The summed E-state index contributed by atoms with van der Waals surface area (Å²) in [7, 11) is 0. The second-order valence-electron chi connectivity index (χ2n) is 3.42. The molecular weight excluding hydrogens is 264 g/mol. The van der Waals surface area contributed by atoms with Gasteiger partial charge in [0, 0.05) is 6.42 Å². The number of carbonyl (C=O) groups excluding carboxylic acids is 1. The Hall–Kier alpha value is -0.630. The lowest BCUT2D eigenvalue weighted by atomic mass is 10.0. The summed E-state index contributed by atoms with van der Waals surface area (Å²) in [6, 6.07) is 8.32. The fraction of sp³-hybridized carbons (Fsp3) is 0.500. The Bertz CT molecular complexity index is 290. The summed E-state index contributed by atoms with van der Waals surface area (Å²) in [5.41, 5.74) is 2.46. The number of hydrogen-bond acceptors (Lipinski definition) is 1. The van der Waals surface area contributed by atoms with E-state index in [1.807, 2.05) is 26.0 Å². The minimum Gasteiger partial charge on any atom is -0.298 e. The Morgan fingerprint density at radius 1 is 1.12 bits per heavy atom. The Kier molecular flexibility index (Phi) is 9.21. The van der Waals surface area contributed by atoms with Crippen molar-refractivity contribution in [2.75, 3.05) is 5.33 Å². The lowest BCUT2D eigenvalue weighted by Crippen LogP contribution is -2.03. The van der Waals surface area contributed by atoms with Crippen LogP contribution in [0.25, 0.3) is 0 Å². The Labute approximate surface area is 107 Å². The number of hydrogen-bond donors (Lipinski definition) is 0. The molecule has 90 valence electrons. The van der Waals surface area contributed by atoms with Gasteiger partial charge in [0.2, 0.25) is 0 Å². The van der Waals surface area contributed by atoms with Crippen molar-refractivity contribution in [3.8, 4) is 0 Å². The number of benzene rings is 1. The Morgan fingerprint density at radius 2 is 1.62 bits per heavy atom. The van der Waals surface area contributed by atoms with Gasteiger partial charge in [-0.2, -0.15) is 0 Å². The SMILES string of the molecule is CC.CCCc1ccc(CC(=O)CBr)cc1. The Morgan fingerprint density at radius 3 is 2.06 bits per heavy atom.